The molecule has 18 heavy (non-hydrogen) atoms. The van der Waals surface area contributed by atoms with Crippen LogP contribution in [0.4, 0.5) is 5.69 Å². The number of benzene rings is 1. The van der Waals surface area contributed by atoms with E-state index >= 15 is 0 Å². The largest absolute Gasteiger partial charge is 0.493 e. The first-order chi connectivity index (χ1) is 8.78. The molecule has 0 bridgehead atoms. The quantitative estimate of drug-likeness (QED) is 0.874. The Morgan fingerprint density at radius 3 is 2.72 bits per heavy atom. The second kappa shape index (κ2) is 6.00. The van der Waals surface area contributed by atoms with Gasteiger partial charge < -0.3 is 10.5 Å². The van der Waals surface area contributed by atoms with E-state index in [2.05, 4.69) is 29.0 Å². The van der Waals surface area contributed by atoms with Gasteiger partial charge in [-0.05, 0) is 24.1 Å². The second-order valence-electron chi connectivity index (χ2n) is 4.03. The number of ether oxygens (including phenoxy) is 1. The molecule has 4 heteroatoms. The van der Waals surface area contributed by atoms with E-state index in [1.54, 1.807) is 12.4 Å². The number of hydrogen-bond donors (Lipinski definition) is 1. The molecule has 0 saturated heterocycles. The molecule has 2 aromatic rings. The van der Waals surface area contributed by atoms with E-state index in [-0.39, 0.29) is 0 Å². The lowest BCUT2D eigenvalue weighted by atomic mass is 10.2. The number of aryl methyl sites for hydroxylation is 1. The summed E-state index contributed by atoms with van der Waals surface area (Å²) in [5.74, 6) is 1.64. The zero-order valence-corrected chi connectivity index (χ0v) is 10.5. The van der Waals surface area contributed by atoms with Crippen molar-refractivity contribution in [3.8, 4) is 5.75 Å². The Balaban J connectivity index is 1.86. The number of aromatic nitrogens is 2. The van der Waals surface area contributed by atoms with Crippen molar-refractivity contribution in [2.24, 2.45) is 0 Å². The van der Waals surface area contributed by atoms with E-state index in [4.69, 9.17) is 10.5 Å². The third-order valence-corrected chi connectivity index (χ3v) is 2.63. The number of nitrogen functional groups attached to an aromatic ring is 1. The van der Waals surface area contributed by atoms with Crippen LogP contribution in [0.5, 0.6) is 5.75 Å². The van der Waals surface area contributed by atoms with Gasteiger partial charge in [0.2, 0.25) is 0 Å². The Morgan fingerprint density at radius 2 is 2.00 bits per heavy atom. The van der Waals surface area contributed by atoms with Crippen LogP contribution in [0.3, 0.4) is 0 Å². The first kappa shape index (κ1) is 12.4. The van der Waals surface area contributed by atoms with E-state index in [0.29, 0.717) is 18.7 Å². The standard InChI is InChI=1S/C14H17N3O/c1-2-11-4-3-5-13(8-11)18-7-6-14-16-9-12(15)10-17-14/h3-5,8-10H,2,6-7,15H2,1H3. The summed E-state index contributed by atoms with van der Waals surface area (Å²) in [5.41, 5.74) is 7.38. The van der Waals surface area contributed by atoms with Gasteiger partial charge in [0.05, 0.1) is 24.7 Å². The van der Waals surface area contributed by atoms with E-state index in [0.717, 1.165) is 18.0 Å². The normalized spacial score (nSPS) is 10.3. The van der Waals surface area contributed by atoms with Crippen LogP contribution in [-0.4, -0.2) is 16.6 Å². The smallest absolute Gasteiger partial charge is 0.131 e. The predicted octanol–water partition coefficient (Wildman–Crippen LogP) is 2.24. The van der Waals surface area contributed by atoms with Crippen molar-refractivity contribution in [1.82, 2.24) is 9.97 Å². The van der Waals surface area contributed by atoms with Crippen molar-refractivity contribution < 1.29 is 4.74 Å². The Morgan fingerprint density at radius 1 is 1.22 bits per heavy atom. The number of nitrogens with zero attached hydrogens (tertiary/aromatic N) is 2. The molecule has 4 nitrogen and oxygen atoms in total. The van der Waals surface area contributed by atoms with Crippen LogP contribution in [-0.2, 0) is 12.8 Å². The average molecular weight is 243 g/mol. The zero-order valence-electron chi connectivity index (χ0n) is 10.5. The van der Waals surface area contributed by atoms with Gasteiger partial charge in [-0.3, -0.25) is 0 Å². The molecule has 94 valence electrons. The van der Waals surface area contributed by atoms with Crippen molar-refractivity contribution >= 4 is 5.69 Å². The van der Waals surface area contributed by atoms with Crippen LogP contribution >= 0.6 is 0 Å². The number of nitrogens with two attached hydrogens (primary N) is 1. The summed E-state index contributed by atoms with van der Waals surface area (Å²) in [4.78, 5) is 8.25. The van der Waals surface area contributed by atoms with Crippen molar-refractivity contribution in [3.63, 3.8) is 0 Å². The molecular formula is C14H17N3O. The molecule has 0 aliphatic rings. The highest BCUT2D eigenvalue weighted by Gasteiger charge is 1.99. The van der Waals surface area contributed by atoms with Crippen LogP contribution in [0.15, 0.2) is 36.7 Å². The lowest BCUT2D eigenvalue weighted by molar-refractivity contribution is 0.318. The third kappa shape index (κ3) is 3.45. The fourth-order valence-electron chi connectivity index (χ4n) is 1.61. The van der Waals surface area contributed by atoms with Crippen molar-refractivity contribution in [2.75, 3.05) is 12.3 Å². The molecule has 2 N–H and O–H groups in total. The fraction of sp³-hybridized carbons (Fsp3) is 0.286. The highest BCUT2D eigenvalue weighted by molar-refractivity contribution is 5.30. The lowest BCUT2D eigenvalue weighted by Crippen LogP contribution is -2.05. The summed E-state index contributed by atoms with van der Waals surface area (Å²) in [7, 11) is 0. The molecule has 0 spiro atoms. The Bertz CT molecular complexity index is 497. The monoisotopic (exact) mass is 243 g/mol. The van der Waals surface area contributed by atoms with Gasteiger partial charge in [-0.15, -0.1) is 0 Å². The molecule has 1 aromatic carbocycles. The van der Waals surface area contributed by atoms with Gasteiger partial charge in [-0.25, -0.2) is 9.97 Å². The summed E-state index contributed by atoms with van der Waals surface area (Å²) < 4.78 is 5.67. The first-order valence-electron chi connectivity index (χ1n) is 6.06. The number of anilines is 1. The second-order valence-corrected chi connectivity index (χ2v) is 4.03. The van der Waals surface area contributed by atoms with Crippen LogP contribution in [0.1, 0.15) is 18.3 Å². The van der Waals surface area contributed by atoms with Gasteiger partial charge in [-0.1, -0.05) is 19.1 Å². The number of rotatable bonds is 5. The fourth-order valence-corrected chi connectivity index (χ4v) is 1.61. The van der Waals surface area contributed by atoms with Crippen molar-refractivity contribution in [1.29, 1.82) is 0 Å². The van der Waals surface area contributed by atoms with E-state index in [9.17, 15) is 0 Å². The minimum atomic E-state index is 0.567. The van der Waals surface area contributed by atoms with E-state index in [1.165, 1.54) is 5.56 Å². The summed E-state index contributed by atoms with van der Waals surface area (Å²) >= 11 is 0. The molecule has 0 unspecified atom stereocenters. The minimum Gasteiger partial charge on any atom is -0.493 e. The van der Waals surface area contributed by atoms with Crippen LogP contribution < -0.4 is 10.5 Å². The molecule has 0 amide bonds. The Labute approximate surface area is 107 Å². The molecule has 2 rings (SSSR count). The lowest BCUT2D eigenvalue weighted by Gasteiger charge is -2.06. The van der Waals surface area contributed by atoms with Crippen molar-refractivity contribution in [3.05, 3.63) is 48.0 Å². The van der Waals surface area contributed by atoms with E-state index in [1.807, 2.05) is 12.1 Å². The van der Waals surface area contributed by atoms with Gasteiger partial charge in [0.1, 0.15) is 11.6 Å². The molecule has 0 aliphatic heterocycles. The highest BCUT2D eigenvalue weighted by atomic mass is 16.5. The topological polar surface area (TPSA) is 61.0 Å². The van der Waals surface area contributed by atoms with Gasteiger partial charge in [0, 0.05) is 6.42 Å². The van der Waals surface area contributed by atoms with Gasteiger partial charge >= 0.3 is 0 Å². The Kier molecular flexibility index (Phi) is 4.12. The molecule has 0 atom stereocenters. The van der Waals surface area contributed by atoms with Gasteiger partial charge in [0.25, 0.3) is 0 Å². The van der Waals surface area contributed by atoms with E-state index < -0.39 is 0 Å². The maximum absolute atomic E-state index is 5.67. The molecule has 0 saturated carbocycles. The summed E-state index contributed by atoms with van der Waals surface area (Å²) in [5, 5.41) is 0. The zero-order chi connectivity index (χ0) is 12.8. The van der Waals surface area contributed by atoms with Crippen molar-refractivity contribution in [2.45, 2.75) is 19.8 Å². The summed E-state index contributed by atoms with van der Waals surface area (Å²) in [6, 6.07) is 8.12. The van der Waals surface area contributed by atoms with Crippen LogP contribution in [0, 0.1) is 0 Å². The molecule has 0 radical (unpaired) electrons. The van der Waals surface area contributed by atoms with Crippen LogP contribution in [0.2, 0.25) is 0 Å². The molecule has 0 aliphatic carbocycles. The highest BCUT2D eigenvalue weighted by Crippen LogP contribution is 2.13. The minimum absolute atomic E-state index is 0.567. The first-order valence-corrected chi connectivity index (χ1v) is 6.06. The molecule has 1 aromatic heterocycles. The molecular weight excluding hydrogens is 226 g/mol. The average Bonchev–Trinajstić information content (AvgIpc) is 2.41. The molecule has 1 heterocycles. The third-order valence-electron chi connectivity index (χ3n) is 2.63. The van der Waals surface area contributed by atoms with Crippen LogP contribution in [0.25, 0.3) is 0 Å². The predicted molar refractivity (Wildman–Crippen MR) is 71.5 cm³/mol. The summed E-state index contributed by atoms with van der Waals surface area (Å²) in [6.45, 7) is 2.69. The maximum atomic E-state index is 5.67. The van der Waals surface area contributed by atoms with Gasteiger partial charge in [-0.2, -0.15) is 0 Å². The maximum Gasteiger partial charge on any atom is 0.131 e. The van der Waals surface area contributed by atoms with Gasteiger partial charge in [0.15, 0.2) is 0 Å². The summed E-state index contributed by atoms with van der Waals surface area (Å²) in [6.07, 6.45) is 4.91. The number of hydrogen-bond acceptors (Lipinski definition) is 4. The SMILES string of the molecule is CCc1cccc(OCCc2ncc(N)cn2)c1. The molecule has 0 fully saturated rings. The Hall–Kier alpha value is -2.10.